The summed E-state index contributed by atoms with van der Waals surface area (Å²) >= 11 is 0. The molecular formula is C16H27N3. The first-order chi connectivity index (χ1) is 9.28. The van der Waals surface area contributed by atoms with Gasteiger partial charge in [-0.15, -0.1) is 0 Å². The fraction of sp³-hybridized carbons (Fsp3) is 0.688. The van der Waals surface area contributed by atoms with Crippen LogP contribution in [0.5, 0.6) is 0 Å². The number of pyridine rings is 1. The normalized spacial score (nSPS) is 19.8. The van der Waals surface area contributed by atoms with Gasteiger partial charge in [-0.05, 0) is 50.9 Å². The van der Waals surface area contributed by atoms with E-state index in [1.807, 2.05) is 13.1 Å². The molecule has 0 spiro atoms. The van der Waals surface area contributed by atoms with Gasteiger partial charge in [0, 0.05) is 31.0 Å². The van der Waals surface area contributed by atoms with Crippen molar-refractivity contribution in [3.63, 3.8) is 0 Å². The number of hydrogen-bond acceptors (Lipinski definition) is 3. The van der Waals surface area contributed by atoms with Crippen LogP contribution in [0.1, 0.15) is 43.9 Å². The Labute approximate surface area is 117 Å². The second kappa shape index (κ2) is 7.61. The van der Waals surface area contributed by atoms with Crippen LogP contribution in [-0.2, 0) is 6.54 Å². The predicted molar refractivity (Wildman–Crippen MR) is 80.2 cm³/mol. The predicted octanol–water partition coefficient (Wildman–Crippen LogP) is 2.74. The van der Waals surface area contributed by atoms with Crippen molar-refractivity contribution < 1.29 is 0 Å². The van der Waals surface area contributed by atoms with Crippen molar-refractivity contribution in [2.24, 2.45) is 0 Å². The zero-order valence-electron chi connectivity index (χ0n) is 12.4. The van der Waals surface area contributed by atoms with Crippen LogP contribution in [0.15, 0.2) is 18.3 Å². The molecule has 1 aliphatic rings. The Morgan fingerprint density at radius 2 is 2.26 bits per heavy atom. The summed E-state index contributed by atoms with van der Waals surface area (Å²) in [5.41, 5.74) is 2.43. The van der Waals surface area contributed by atoms with E-state index in [4.69, 9.17) is 0 Å². The summed E-state index contributed by atoms with van der Waals surface area (Å²) in [7, 11) is 0. The van der Waals surface area contributed by atoms with Crippen molar-refractivity contribution in [2.45, 2.75) is 52.1 Å². The summed E-state index contributed by atoms with van der Waals surface area (Å²) in [4.78, 5) is 6.96. The van der Waals surface area contributed by atoms with Crippen LogP contribution >= 0.6 is 0 Å². The third-order valence-electron chi connectivity index (χ3n) is 3.81. The maximum Gasteiger partial charge on any atom is 0.0372 e. The highest BCUT2D eigenvalue weighted by Crippen LogP contribution is 2.11. The fourth-order valence-electron chi connectivity index (χ4n) is 2.79. The van der Waals surface area contributed by atoms with E-state index in [-0.39, 0.29) is 0 Å². The minimum Gasteiger partial charge on any atom is -0.313 e. The standard InChI is InChI=1S/C16H27N3/c1-3-10-19(13-16-6-4-5-9-17-16)12-15-8-7-14(2)18-11-15/h7-8,11,16-17H,3-6,9-10,12-13H2,1-2H3. The van der Waals surface area contributed by atoms with E-state index in [1.54, 1.807) is 0 Å². The summed E-state index contributed by atoms with van der Waals surface area (Å²) in [5, 5.41) is 3.65. The molecule has 1 aromatic rings. The van der Waals surface area contributed by atoms with E-state index in [0.717, 1.165) is 12.2 Å². The first-order valence-electron chi connectivity index (χ1n) is 7.65. The number of nitrogens with zero attached hydrogens (tertiary/aromatic N) is 2. The highest BCUT2D eigenvalue weighted by molar-refractivity contribution is 5.13. The number of piperidine rings is 1. The van der Waals surface area contributed by atoms with Gasteiger partial charge in [0.05, 0.1) is 0 Å². The van der Waals surface area contributed by atoms with Gasteiger partial charge < -0.3 is 5.32 Å². The van der Waals surface area contributed by atoms with E-state index in [2.05, 4.69) is 34.3 Å². The molecule has 19 heavy (non-hydrogen) atoms. The second-order valence-electron chi connectivity index (χ2n) is 5.69. The molecular weight excluding hydrogens is 234 g/mol. The SMILES string of the molecule is CCCN(Cc1ccc(C)nc1)CC1CCCCN1. The van der Waals surface area contributed by atoms with Gasteiger partial charge in [0.25, 0.3) is 0 Å². The van der Waals surface area contributed by atoms with Crippen LogP contribution < -0.4 is 5.32 Å². The van der Waals surface area contributed by atoms with Crippen molar-refractivity contribution in [1.29, 1.82) is 0 Å². The van der Waals surface area contributed by atoms with E-state index in [1.165, 1.54) is 50.9 Å². The monoisotopic (exact) mass is 261 g/mol. The van der Waals surface area contributed by atoms with Crippen LogP contribution in [0.3, 0.4) is 0 Å². The third kappa shape index (κ3) is 4.92. The van der Waals surface area contributed by atoms with Gasteiger partial charge in [-0.3, -0.25) is 9.88 Å². The van der Waals surface area contributed by atoms with Crippen molar-refractivity contribution in [1.82, 2.24) is 15.2 Å². The molecule has 1 N–H and O–H groups in total. The van der Waals surface area contributed by atoms with Crippen LogP contribution in [-0.4, -0.2) is 35.6 Å². The molecule has 106 valence electrons. The van der Waals surface area contributed by atoms with Crippen LogP contribution in [0.2, 0.25) is 0 Å². The molecule has 1 unspecified atom stereocenters. The number of aryl methyl sites for hydroxylation is 1. The lowest BCUT2D eigenvalue weighted by Crippen LogP contribution is -2.43. The molecule has 2 rings (SSSR count). The van der Waals surface area contributed by atoms with Crippen molar-refractivity contribution in [3.05, 3.63) is 29.6 Å². The van der Waals surface area contributed by atoms with Gasteiger partial charge in [0.15, 0.2) is 0 Å². The quantitative estimate of drug-likeness (QED) is 0.853. The lowest BCUT2D eigenvalue weighted by atomic mass is 10.0. The molecule has 0 radical (unpaired) electrons. The molecule has 0 amide bonds. The summed E-state index contributed by atoms with van der Waals surface area (Å²) in [6, 6.07) is 5.00. The van der Waals surface area contributed by atoms with Gasteiger partial charge in [-0.1, -0.05) is 19.4 Å². The van der Waals surface area contributed by atoms with Crippen molar-refractivity contribution >= 4 is 0 Å². The molecule has 0 bridgehead atoms. The van der Waals surface area contributed by atoms with E-state index >= 15 is 0 Å². The maximum absolute atomic E-state index is 4.40. The smallest absolute Gasteiger partial charge is 0.0372 e. The van der Waals surface area contributed by atoms with Crippen molar-refractivity contribution in [3.8, 4) is 0 Å². The summed E-state index contributed by atoms with van der Waals surface area (Å²) in [5.74, 6) is 0. The van der Waals surface area contributed by atoms with Crippen LogP contribution in [0.25, 0.3) is 0 Å². The Hall–Kier alpha value is -0.930. The molecule has 3 nitrogen and oxygen atoms in total. The van der Waals surface area contributed by atoms with Crippen LogP contribution in [0.4, 0.5) is 0 Å². The first-order valence-corrected chi connectivity index (χ1v) is 7.65. The highest BCUT2D eigenvalue weighted by Gasteiger charge is 2.16. The summed E-state index contributed by atoms with van der Waals surface area (Å²) < 4.78 is 0. The van der Waals surface area contributed by atoms with Gasteiger partial charge in [-0.25, -0.2) is 0 Å². The zero-order valence-corrected chi connectivity index (χ0v) is 12.4. The lowest BCUT2D eigenvalue weighted by Gasteiger charge is -2.30. The largest absolute Gasteiger partial charge is 0.313 e. The van der Waals surface area contributed by atoms with Crippen LogP contribution in [0, 0.1) is 6.92 Å². The Balaban J connectivity index is 1.89. The summed E-state index contributed by atoms with van der Waals surface area (Å²) in [6.45, 7) is 8.86. The molecule has 1 atom stereocenters. The Morgan fingerprint density at radius 3 is 2.89 bits per heavy atom. The van der Waals surface area contributed by atoms with Gasteiger partial charge in [0.2, 0.25) is 0 Å². The first kappa shape index (κ1) is 14.5. The maximum atomic E-state index is 4.40. The van der Waals surface area contributed by atoms with E-state index in [9.17, 15) is 0 Å². The molecule has 0 aromatic carbocycles. The van der Waals surface area contributed by atoms with Crippen molar-refractivity contribution in [2.75, 3.05) is 19.6 Å². The molecule has 1 saturated heterocycles. The highest BCUT2D eigenvalue weighted by atomic mass is 15.1. The molecule has 1 aliphatic heterocycles. The average Bonchev–Trinajstić information content (AvgIpc) is 2.43. The van der Waals surface area contributed by atoms with Gasteiger partial charge in [-0.2, -0.15) is 0 Å². The molecule has 1 aromatic heterocycles. The Kier molecular flexibility index (Phi) is 5.80. The van der Waals surface area contributed by atoms with E-state index < -0.39 is 0 Å². The molecule has 0 saturated carbocycles. The molecule has 3 heteroatoms. The third-order valence-corrected chi connectivity index (χ3v) is 3.81. The molecule has 0 aliphatic carbocycles. The topological polar surface area (TPSA) is 28.2 Å². The Morgan fingerprint density at radius 1 is 1.37 bits per heavy atom. The van der Waals surface area contributed by atoms with E-state index in [0.29, 0.717) is 6.04 Å². The fourth-order valence-corrected chi connectivity index (χ4v) is 2.79. The lowest BCUT2D eigenvalue weighted by molar-refractivity contribution is 0.217. The van der Waals surface area contributed by atoms with Gasteiger partial charge >= 0.3 is 0 Å². The number of hydrogen-bond donors (Lipinski definition) is 1. The second-order valence-corrected chi connectivity index (χ2v) is 5.69. The number of rotatable bonds is 6. The molecule has 1 fully saturated rings. The number of aromatic nitrogens is 1. The Bertz CT molecular complexity index is 355. The molecule has 2 heterocycles. The number of nitrogens with one attached hydrogen (secondary N) is 1. The minimum atomic E-state index is 0.679. The minimum absolute atomic E-state index is 0.679. The van der Waals surface area contributed by atoms with Gasteiger partial charge in [0.1, 0.15) is 0 Å². The zero-order chi connectivity index (χ0) is 13.5. The summed E-state index contributed by atoms with van der Waals surface area (Å²) in [6.07, 6.45) is 7.28. The average molecular weight is 261 g/mol.